The average Bonchev–Trinajstić information content (AvgIpc) is 2.88. The van der Waals surface area contributed by atoms with Gasteiger partial charge in [-0.3, -0.25) is 9.78 Å². The van der Waals surface area contributed by atoms with Gasteiger partial charge < -0.3 is 20.3 Å². The topological polar surface area (TPSA) is 66.5 Å². The molecule has 0 atom stereocenters. The molecule has 0 unspecified atom stereocenters. The summed E-state index contributed by atoms with van der Waals surface area (Å²) in [6.45, 7) is 4.10. The molecule has 1 amide bonds. The Morgan fingerprint density at radius 2 is 1.76 bits per heavy atom. The van der Waals surface area contributed by atoms with Crippen molar-refractivity contribution in [3.8, 4) is 5.75 Å². The maximum absolute atomic E-state index is 12.3. The number of ether oxygens (including phenoxy) is 1. The summed E-state index contributed by atoms with van der Waals surface area (Å²) in [5.41, 5.74) is 3.37. The largest absolute Gasteiger partial charge is 0.491 e. The first-order chi connectivity index (χ1) is 16.3. The van der Waals surface area contributed by atoms with E-state index in [1.807, 2.05) is 42.5 Å². The number of carbonyl (C=O) groups is 1. The van der Waals surface area contributed by atoms with Crippen molar-refractivity contribution in [3.05, 3.63) is 90.3 Å². The minimum atomic E-state index is 0.0472. The van der Waals surface area contributed by atoms with Gasteiger partial charge in [0.1, 0.15) is 12.4 Å². The number of rotatable bonds is 10. The lowest BCUT2D eigenvalue weighted by Crippen LogP contribution is -2.43. The Morgan fingerprint density at radius 3 is 2.48 bits per heavy atom. The number of benzene rings is 2. The Hall–Kier alpha value is -3.38. The molecule has 172 valence electrons. The molecule has 1 aliphatic rings. The molecule has 0 aliphatic carbocycles. The zero-order chi connectivity index (χ0) is 22.7. The number of aromatic nitrogens is 1. The molecule has 1 saturated heterocycles. The van der Waals surface area contributed by atoms with Crippen LogP contribution in [0.2, 0.25) is 0 Å². The molecule has 0 saturated carbocycles. The zero-order valence-corrected chi connectivity index (χ0v) is 19.0. The second-order valence-electron chi connectivity index (χ2n) is 8.36. The quantitative estimate of drug-likeness (QED) is 0.468. The number of piperidine rings is 1. The lowest BCUT2D eigenvalue weighted by atomic mass is 10.0. The summed E-state index contributed by atoms with van der Waals surface area (Å²) < 4.78 is 5.70. The van der Waals surface area contributed by atoms with Crippen LogP contribution in [-0.4, -0.2) is 43.2 Å². The number of pyridine rings is 1. The van der Waals surface area contributed by atoms with Gasteiger partial charge in [0, 0.05) is 44.1 Å². The van der Waals surface area contributed by atoms with E-state index in [1.165, 1.54) is 5.69 Å². The smallest absolute Gasteiger partial charge is 0.224 e. The molecule has 1 fully saturated rings. The van der Waals surface area contributed by atoms with Gasteiger partial charge in [-0.1, -0.05) is 42.5 Å². The monoisotopic (exact) mass is 444 g/mol. The van der Waals surface area contributed by atoms with Gasteiger partial charge in [0.05, 0.1) is 12.6 Å². The Morgan fingerprint density at radius 1 is 0.970 bits per heavy atom. The number of hydrogen-bond acceptors (Lipinski definition) is 5. The second-order valence-corrected chi connectivity index (χ2v) is 8.36. The molecule has 2 N–H and O–H groups in total. The fourth-order valence-corrected chi connectivity index (χ4v) is 4.08. The van der Waals surface area contributed by atoms with E-state index in [0.717, 1.165) is 49.4 Å². The third-order valence-corrected chi connectivity index (χ3v) is 5.93. The van der Waals surface area contributed by atoms with Gasteiger partial charge >= 0.3 is 0 Å². The molecular weight excluding hydrogens is 412 g/mol. The number of nitrogens with zero attached hydrogens (tertiary/aromatic N) is 2. The van der Waals surface area contributed by atoms with E-state index in [1.54, 1.807) is 12.4 Å². The van der Waals surface area contributed by atoms with Crippen molar-refractivity contribution in [1.82, 2.24) is 15.6 Å². The van der Waals surface area contributed by atoms with Crippen LogP contribution in [-0.2, 0) is 17.8 Å². The highest BCUT2D eigenvalue weighted by Gasteiger charge is 2.19. The number of carbonyl (C=O) groups excluding carboxylic acids is 1. The molecule has 1 aromatic heterocycles. The lowest BCUT2D eigenvalue weighted by molar-refractivity contribution is -0.120. The van der Waals surface area contributed by atoms with Crippen LogP contribution in [0.15, 0.2) is 79.1 Å². The van der Waals surface area contributed by atoms with Crippen molar-refractivity contribution in [1.29, 1.82) is 0 Å². The van der Waals surface area contributed by atoms with Crippen LogP contribution in [0.3, 0.4) is 0 Å². The molecule has 0 radical (unpaired) electrons. The molecule has 0 bridgehead atoms. The van der Waals surface area contributed by atoms with Crippen LogP contribution in [0.4, 0.5) is 5.69 Å². The van der Waals surface area contributed by atoms with E-state index in [4.69, 9.17) is 4.74 Å². The molecule has 2 heterocycles. The van der Waals surface area contributed by atoms with Gasteiger partial charge in [0.15, 0.2) is 0 Å². The third-order valence-electron chi connectivity index (χ3n) is 5.93. The van der Waals surface area contributed by atoms with E-state index in [2.05, 4.69) is 44.8 Å². The van der Waals surface area contributed by atoms with Crippen LogP contribution >= 0.6 is 0 Å². The van der Waals surface area contributed by atoms with E-state index in [9.17, 15) is 4.79 Å². The van der Waals surface area contributed by atoms with Crippen molar-refractivity contribution in [2.45, 2.75) is 31.8 Å². The maximum atomic E-state index is 12.3. The van der Waals surface area contributed by atoms with E-state index < -0.39 is 0 Å². The van der Waals surface area contributed by atoms with Crippen LogP contribution < -0.4 is 20.3 Å². The Bertz CT molecular complexity index is 972. The molecule has 6 heteroatoms. The zero-order valence-electron chi connectivity index (χ0n) is 19.0. The fourth-order valence-electron chi connectivity index (χ4n) is 4.08. The van der Waals surface area contributed by atoms with Crippen LogP contribution in [0.25, 0.3) is 0 Å². The standard InChI is InChI=1S/C27H32N4O2/c32-27(30-20-23-5-2-1-3-6-23)19-22-8-10-25(11-9-22)31-16-12-24(13-17-31)29-15-18-33-26-7-4-14-28-21-26/h1-11,14,21,24,29H,12-13,15-20H2,(H,30,32). The Labute approximate surface area is 196 Å². The first-order valence-corrected chi connectivity index (χ1v) is 11.7. The van der Waals surface area contributed by atoms with Gasteiger partial charge in [-0.05, 0) is 48.2 Å². The summed E-state index contributed by atoms with van der Waals surface area (Å²) in [6, 6.07) is 22.7. The highest BCUT2D eigenvalue weighted by Crippen LogP contribution is 2.21. The second kappa shape index (κ2) is 12.0. The predicted molar refractivity (Wildman–Crippen MR) is 131 cm³/mol. The minimum absolute atomic E-state index is 0.0472. The normalized spacial score (nSPS) is 14.1. The van der Waals surface area contributed by atoms with Crippen LogP contribution in [0.1, 0.15) is 24.0 Å². The van der Waals surface area contributed by atoms with Gasteiger partial charge in [0.2, 0.25) is 5.91 Å². The van der Waals surface area contributed by atoms with Gasteiger partial charge in [-0.15, -0.1) is 0 Å². The van der Waals surface area contributed by atoms with Gasteiger partial charge in [0.25, 0.3) is 0 Å². The van der Waals surface area contributed by atoms with Crippen molar-refractivity contribution in [3.63, 3.8) is 0 Å². The summed E-state index contributed by atoms with van der Waals surface area (Å²) >= 11 is 0. The minimum Gasteiger partial charge on any atom is -0.491 e. The first-order valence-electron chi connectivity index (χ1n) is 11.7. The highest BCUT2D eigenvalue weighted by atomic mass is 16.5. The molecule has 6 nitrogen and oxygen atoms in total. The van der Waals surface area contributed by atoms with E-state index in [0.29, 0.717) is 25.6 Å². The predicted octanol–water partition coefficient (Wildman–Crippen LogP) is 3.58. The summed E-state index contributed by atoms with van der Waals surface area (Å²) in [5, 5.41) is 6.59. The Balaban J connectivity index is 1.14. The van der Waals surface area contributed by atoms with Crippen molar-refractivity contribution >= 4 is 11.6 Å². The van der Waals surface area contributed by atoms with Crippen molar-refractivity contribution < 1.29 is 9.53 Å². The van der Waals surface area contributed by atoms with Gasteiger partial charge in [-0.2, -0.15) is 0 Å². The molecule has 1 aliphatic heterocycles. The van der Waals surface area contributed by atoms with E-state index >= 15 is 0 Å². The molecule has 33 heavy (non-hydrogen) atoms. The number of amides is 1. The third kappa shape index (κ3) is 7.32. The van der Waals surface area contributed by atoms with Crippen molar-refractivity contribution in [2.24, 2.45) is 0 Å². The molecule has 4 rings (SSSR count). The van der Waals surface area contributed by atoms with Gasteiger partial charge in [-0.25, -0.2) is 0 Å². The van der Waals surface area contributed by atoms with Crippen LogP contribution in [0, 0.1) is 0 Å². The summed E-state index contributed by atoms with van der Waals surface area (Å²) in [7, 11) is 0. The SMILES string of the molecule is O=C(Cc1ccc(N2CCC(NCCOc3cccnc3)CC2)cc1)NCc1ccccc1. The Kier molecular flexibility index (Phi) is 8.30. The molecule has 3 aromatic rings. The van der Waals surface area contributed by atoms with Crippen molar-refractivity contribution in [2.75, 3.05) is 31.1 Å². The summed E-state index contributed by atoms with van der Waals surface area (Å²) in [6.07, 6.45) is 6.10. The number of anilines is 1. The summed E-state index contributed by atoms with van der Waals surface area (Å²) in [4.78, 5) is 18.7. The molecule has 2 aromatic carbocycles. The molecular formula is C27H32N4O2. The average molecular weight is 445 g/mol. The highest BCUT2D eigenvalue weighted by molar-refractivity contribution is 5.78. The first kappa shape index (κ1) is 22.8. The lowest BCUT2D eigenvalue weighted by Gasteiger charge is -2.34. The fraction of sp³-hybridized carbons (Fsp3) is 0.333. The maximum Gasteiger partial charge on any atom is 0.224 e. The molecule has 0 spiro atoms. The number of hydrogen-bond donors (Lipinski definition) is 2. The van der Waals surface area contributed by atoms with E-state index in [-0.39, 0.29) is 5.91 Å². The van der Waals surface area contributed by atoms with Crippen LogP contribution in [0.5, 0.6) is 5.75 Å². The number of nitrogens with one attached hydrogen (secondary N) is 2. The summed E-state index contributed by atoms with van der Waals surface area (Å²) in [5.74, 6) is 0.859.